The number of halogens is 4. The average Bonchev–Trinajstić information content (AvgIpc) is 2.76. The minimum atomic E-state index is -3.24. The third-order valence-electron chi connectivity index (χ3n) is 3.34. The van der Waals surface area contributed by atoms with Crippen LogP contribution in [0, 0.1) is 0 Å². The van der Waals surface area contributed by atoms with Crippen molar-refractivity contribution in [1.82, 2.24) is 5.32 Å². The van der Waals surface area contributed by atoms with Gasteiger partial charge in [-0.05, 0) is 0 Å². The van der Waals surface area contributed by atoms with E-state index in [-0.39, 0.29) is 16.3 Å². The van der Waals surface area contributed by atoms with Crippen LogP contribution in [0.15, 0.2) is 24.3 Å². The van der Waals surface area contributed by atoms with Gasteiger partial charge in [0.1, 0.15) is 11.5 Å². The Kier molecular flexibility index (Phi) is 3.72. The molecule has 1 aliphatic rings. The van der Waals surface area contributed by atoms with Crippen LogP contribution in [0.5, 0.6) is 11.5 Å². The molecule has 2 N–H and O–H groups in total. The predicted octanol–water partition coefficient (Wildman–Crippen LogP) is 2.78. The molecule has 2 aromatic carbocycles. The molecule has 0 spiro atoms. The van der Waals surface area contributed by atoms with Gasteiger partial charge in [-0.2, -0.15) is 17.6 Å². The second-order valence-electron chi connectivity index (χ2n) is 4.63. The van der Waals surface area contributed by atoms with Crippen LogP contribution in [-0.4, -0.2) is 24.2 Å². The largest absolute Gasteiger partial charge is 0.434 e. The minimum Gasteiger partial charge on any atom is -0.434 e. The zero-order chi connectivity index (χ0) is 16.7. The smallest absolute Gasteiger partial charge is 0.387 e. The van der Waals surface area contributed by atoms with E-state index < -0.39 is 42.4 Å². The first-order valence-electron chi connectivity index (χ1n) is 6.37. The summed E-state index contributed by atoms with van der Waals surface area (Å²) in [4.78, 5) is 11.9. The molecule has 1 heterocycles. The molecule has 1 aliphatic heterocycles. The van der Waals surface area contributed by atoms with Crippen molar-refractivity contribution in [3.8, 4) is 11.5 Å². The fourth-order valence-corrected chi connectivity index (χ4v) is 2.58. The van der Waals surface area contributed by atoms with E-state index in [1.54, 1.807) is 0 Å². The number of hydrogen-bond acceptors (Lipinski definition) is 4. The summed E-state index contributed by atoms with van der Waals surface area (Å²) in [5.74, 6) is -1.88. The Morgan fingerprint density at radius 1 is 1.00 bits per heavy atom. The van der Waals surface area contributed by atoms with E-state index in [1.165, 1.54) is 24.3 Å². The van der Waals surface area contributed by atoms with Gasteiger partial charge in [0.25, 0.3) is 5.91 Å². The number of aliphatic hydroxyl groups excluding tert-OH is 1. The first kappa shape index (κ1) is 15.3. The van der Waals surface area contributed by atoms with Crippen LogP contribution < -0.4 is 14.8 Å². The van der Waals surface area contributed by atoms with Gasteiger partial charge in [-0.1, -0.05) is 24.3 Å². The lowest BCUT2D eigenvalue weighted by atomic mass is 9.98. The van der Waals surface area contributed by atoms with Crippen LogP contribution in [0.2, 0.25) is 0 Å². The van der Waals surface area contributed by atoms with Crippen molar-refractivity contribution in [2.75, 3.05) is 0 Å². The number of benzene rings is 2. The van der Waals surface area contributed by atoms with Gasteiger partial charge in [0.05, 0.1) is 11.1 Å². The van der Waals surface area contributed by atoms with Gasteiger partial charge in [0, 0.05) is 10.8 Å². The number of amides is 1. The Balaban J connectivity index is 2.39. The molecule has 3 rings (SSSR count). The van der Waals surface area contributed by atoms with Gasteiger partial charge in [0.15, 0.2) is 6.23 Å². The fraction of sp³-hybridized carbons (Fsp3) is 0.214. The van der Waals surface area contributed by atoms with Crippen LogP contribution in [-0.2, 0) is 0 Å². The van der Waals surface area contributed by atoms with E-state index in [2.05, 4.69) is 14.8 Å². The van der Waals surface area contributed by atoms with Crippen LogP contribution in [0.3, 0.4) is 0 Å². The van der Waals surface area contributed by atoms with E-state index in [0.29, 0.717) is 0 Å². The van der Waals surface area contributed by atoms with Gasteiger partial charge < -0.3 is 19.9 Å². The Hall–Kier alpha value is -2.55. The summed E-state index contributed by atoms with van der Waals surface area (Å²) >= 11 is 0. The molecule has 0 fully saturated rings. The molecular weight excluding hydrogens is 322 g/mol. The second kappa shape index (κ2) is 5.58. The van der Waals surface area contributed by atoms with Crippen molar-refractivity contribution < 1.29 is 36.9 Å². The molecule has 1 atom stereocenters. The van der Waals surface area contributed by atoms with E-state index >= 15 is 0 Å². The van der Waals surface area contributed by atoms with Crippen molar-refractivity contribution in [2.24, 2.45) is 0 Å². The molecule has 0 aliphatic carbocycles. The molecule has 23 heavy (non-hydrogen) atoms. The van der Waals surface area contributed by atoms with Crippen LogP contribution in [0.4, 0.5) is 17.6 Å². The first-order valence-corrected chi connectivity index (χ1v) is 6.37. The highest BCUT2D eigenvalue weighted by molar-refractivity contribution is 6.10. The summed E-state index contributed by atoms with van der Waals surface area (Å²) in [6, 6.07) is 5.59. The van der Waals surface area contributed by atoms with Crippen molar-refractivity contribution in [3.63, 3.8) is 0 Å². The number of carbonyl (C=O) groups is 1. The maximum Gasteiger partial charge on any atom is 0.387 e. The lowest BCUT2D eigenvalue weighted by Crippen LogP contribution is -2.18. The maximum atomic E-state index is 12.7. The lowest BCUT2D eigenvalue weighted by Gasteiger charge is -2.18. The average molecular weight is 331 g/mol. The number of ether oxygens (including phenoxy) is 2. The number of hydrogen-bond donors (Lipinski definition) is 2. The quantitative estimate of drug-likeness (QED) is 0.846. The van der Waals surface area contributed by atoms with E-state index in [0.717, 1.165) is 0 Å². The van der Waals surface area contributed by atoms with Crippen molar-refractivity contribution in [1.29, 1.82) is 0 Å². The van der Waals surface area contributed by atoms with Gasteiger partial charge >= 0.3 is 13.2 Å². The lowest BCUT2D eigenvalue weighted by molar-refractivity contribution is -0.0527. The highest BCUT2D eigenvalue weighted by atomic mass is 19.3. The zero-order valence-electron chi connectivity index (χ0n) is 11.2. The minimum absolute atomic E-state index is 0.00792. The Labute approximate surface area is 126 Å². The Morgan fingerprint density at radius 2 is 1.52 bits per heavy atom. The summed E-state index contributed by atoms with van der Waals surface area (Å²) < 4.78 is 59.6. The third-order valence-corrected chi connectivity index (χ3v) is 3.34. The number of fused-ring (bicyclic) bond motifs is 2. The molecule has 5 nitrogen and oxygen atoms in total. The molecule has 9 heteroatoms. The van der Waals surface area contributed by atoms with E-state index in [4.69, 9.17) is 0 Å². The van der Waals surface area contributed by atoms with Gasteiger partial charge in [0.2, 0.25) is 0 Å². The van der Waals surface area contributed by atoms with Crippen molar-refractivity contribution in [2.45, 2.75) is 19.5 Å². The van der Waals surface area contributed by atoms with Crippen molar-refractivity contribution >= 4 is 16.7 Å². The topological polar surface area (TPSA) is 67.8 Å². The fourth-order valence-electron chi connectivity index (χ4n) is 2.58. The molecule has 1 unspecified atom stereocenters. The van der Waals surface area contributed by atoms with E-state index in [1.807, 2.05) is 0 Å². The summed E-state index contributed by atoms with van der Waals surface area (Å²) in [7, 11) is 0. The highest BCUT2D eigenvalue weighted by Crippen LogP contribution is 2.46. The third kappa shape index (κ3) is 2.52. The highest BCUT2D eigenvalue weighted by Gasteiger charge is 2.37. The van der Waals surface area contributed by atoms with Gasteiger partial charge in [-0.15, -0.1) is 0 Å². The number of rotatable bonds is 4. The molecule has 0 radical (unpaired) electrons. The van der Waals surface area contributed by atoms with Crippen molar-refractivity contribution in [3.05, 3.63) is 35.4 Å². The molecule has 0 aromatic heterocycles. The molecule has 1 amide bonds. The van der Waals surface area contributed by atoms with E-state index in [9.17, 15) is 27.5 Å². The Bertz CT molecular complexity index is 781. The van der Waals surface area contributed by atoms with Gasteiger partial charge in [-0.25, -0.2) is 0 Å². The SMILES string of the molecule is O=C1NC(O)c2c1c(OC(F)F)c1ccccc1c2OC(F)F. The molecule has 2 aromatic rings. The molecule has 0 saturated carbocycles. The number of aliphatic hydroxyl groups is 1. The molecular formula is C14H9F4NO4. The predicted molar refractivity (Wildman–Crippen MR) is 69.6 cm³/mol. The first-order chi connectivity index (χ1) is 10.9. The van der Waals surface area contributed by atoms with Crippen LogP contribution >= 0.6 is 0 Å². The summed E-state index contributed by atoms with van der Waals surface area (Å²) in [5, 5.41) is 11.9. The maximum absolute atomic E-state index is 12.7. The Morgan fingerprint density at radius 3 is 2.09 bits per heavy atom. The standard InChI is InChI=1S/C14H9F4NO4/c15-13(16)22-9-5-3-1-2-4-6(5)10(23-14(17)18)8-7(9)11(20)19-12(8)21/h1-4,11,13-14,20H,(H,19,21). The molecule has 0 saturated heterocycles. The number of alkyl halides is 4. The summed E-state index contributed by atoms with van der Waals surface area (Å²) in [5.41, 5.74) is -0.809. The number of nitrogens with one attached hydrogen (secondary N) is 1. The van der Waals surface area contributed by atoms with Gasteiger partial charge in [-0.3, -0.25) is 4.79 Å². The number of carbonyl (C=O) groups excluding carboxylic acids is 1. The zero-order valence-corrected chi connectivity index (χ0v) is 11.2. The monoisotopic (exact) mass is 331 g/mol. The normalized spacial score (nSPS) is 16.8. The molecule has 122 valence electrons. The summed E-state index contributed by atoms with van der Waals surface area (Å²) in [6.07, 6.45) is -1.67. The van der Waals surface area contributed by atoms with Crippen LogP contribution in [0.1, 0.15) is 22.1 Å². The summed E-state index contributed by atoms with van der Waals surface area (Å²) in [6.45, 7) is -6.47. The van der Waals surface area contributed by atoms with Crippen LogP contribution in [0.25, 0.3) is 10.8 Å². The second-order valence-corrected chi connectivity index (χ2v) is 4.63. The molecule has 0 bridgehead atoms.